The van der Waals surface area contributed by atoms with Crippen molar-refractivity contribution in [1.82, 2.24) is 15.5 Å². The molecule has 0 amide bonds. The minimum atomic E-state index is 0.542. The highest BCUT2D eigenvalue weighted by Crippen LogP contribution is 2.22. The summed E-state index contributed by atoms with van der Waals surface area (Å²) >= 11 is 0. The molecule has 2 heterocycles. The maximum absolute atomic E-state index is 5.53. The van der Waals surface area contributed by atoms with E-state index in [2.05, 4.69) is 29.6 Å². The molecule has 0 aromatic heterocycles. The highest BCUT2D eigenvalue weighted by atomic mass is 16.5. The van der Waals surface area contributed by atoms with Crippen molar-refractivity contribution in [2.75, 3.05) is 46.9 Å². The fraction of sp³-hybridized carbons (Fsp3) is 1.00. The Hall–Kier alpha value is -0.160. The first-order chi connectivity index (χ1) is 8.29. The molecule has 0 aliphatic carbocycles. The predicted molar refractivity (Wildman–Crippen MR) is 70.3 cm³/mol. The van der Waals surface area contributed by atoms with E-state index >= 15 is 0 Å². The number of nitrogens with zero attached hydrogens (tertiary/aromatic N) is 1. The van der Waals surface area contributed by atoms with E-state index < -0.39 is 0 Å². The zero-order valence-electron chi connectivity index (χ0n) is 11.2. The quantitative estimate of drug-likeness (QED) is 0.742. The Balaban J connectivity index is 1.78. The Morgan fingerprint density at radius 3 is 2.76 bits per heavy atom. The number of piperidine rings is 1. The number of likely N-dealkylation sites (tertiary alicyclic amines) is 1. The molecule has 4 heteroatoms. The van der Waals surface area contributed by atoms with Crippen LogP contribution in [0.25, 0.3) is 0 Å². The van der Waals surface area contributed by atoms with E-state index in [1.807, 2.05) is 0 Å². The summed E-state index contributed by atoms with van der Waals surface area (Å²) in [7, 11) is 4.33. The van der Waals surface area contributed by atoms with Gasteiger partial charge in [0.05, 0.1) is 13.2 Å². The van der Waals surface area contributed by atoms with Crippen LogP contribution in [0.15, 0.2) is 0 Å². The van der Waals surface area contributed by atoms with Gasteiger partial charge in [-0.1, -0.05) is 0 Å². The number of rotatable bonds is 4. The molecule has 2 atom stereocenters. The van der Waals surface area contributed by atoms with Gasteiger partial charge in [-0.25, -0.2) is 0 Å². The van der Waals surface area contributed by atoms with Crippen molar-refractivity contribution < 1.29 is 4.74 Å². The molecule has 2 aliphatic heterocycles. The standard InChI is InChI=1S/C13H27N3O/c1-14-13(9-12-10-17-8-5-15-12)11-3-6-16(2)7-4-11/h11-15H,3-10H2,1-2H3. The van der Waals surface area contributed by atoms with Crippen molar-refractivity contribution in [3.63, 3.8) is 0 Å². The highest BCUT2D eigenvalue weighted by Gasteiger charge is 2.27. The Morgan fingerprint density at radius 1 is 1.41 bits per heavy atom. The fourth-order valence-electron chi connectivity index (χ4n) is 3.05. The number of hydrogen-bond donors (Lipinski definition) is 2. The van der Waals surface area contributed by atoms with Crippen molar-refractivity contribution in [1.29, 1.82) is 0 Å². The maximum Gasteiger partial charge on any atom is 0.0620 e. The van der Waals surface area contributed by atoms with Crippen molar-refractivity contribution in [3.05, 3.63) is 0 Å². The first-order valence-corrected chi connectivity index (χ1v) is 6.96. The molecule has 4 nitrogen and oxygen atoms in total. The summed E-state index contributed by atoms with van der Waals surface area (Å²) in [6.45, 7) is 5.25. The van der Waals surface area contributed by atoms with Gasteiger partial charge in [-0.2, -0.15) is 0 Å². The van der Waals surface area contributed by atoms with Crippen LogP contribution in [0, 0.1) is 5.92 Å². The number of morpholine rings is 1. The third-order valence-corrected chi connectivity index (χ3v) is 4.24. The van der Waals surface area contributed by atoms with E-state index in [1.54, 1.807) is 0 Å². The third-order valence-electron chi connectivity index (χ3n) is 4.24. The van der Waals surface area contributed by atoms with Crippen LogP contribution < -0.4 is 10.6 Å². The molecule has 0 bridgehead atoms. The van der Waals surface area contributed by atoms with Crippen LogP contribution >= 0.6 is 0 Å². The van der Waals surface area contributed by atoms with Gasteiger partial charge >= 0.3 is 0 Å². The lowest BCUT2D eigenvalue weighted by Crippen LogP contribution is -2.48. The van der Waals surface area contributed by atoms with E-state index in [4.69, 9.17) is 4.74 Å². The van der Waals surface area contributed by atoms with E-state index in [0.29, 0.717) is 12.1 Å². The maximum atomic E-state index is 5.53. The Morgan fingerprint density at radius 2 is 2.18 bits per heavy atom. The van der Waals surface area contributed by atoms with Gasteiger partial charge in [0, 0.05) is 18.6 Å². The summed E-state index contributed by atoms with van der Waals surface area (Å²) in [5.41, 5.74) is 0. The molecule has 0 saturated carbocycles. The largest absolute Gasteiger partial charge is 0.379 e. The van der Waals surface area contributed by atoms with Crippen molar-refractivity contribution >= 4 is 0 Å². The summed E-state index contributed by atoms with van der Waals surface area (Å²) < 4.78 is 5.53. The van der Waals surface area contributed by atoms with Crippen LogP contribution in [0.4, 0.5) is 0 Å². The topological polar surface area (TPSA) is 36.5 Å². The minimum Gasteiger partial charge on any atom is -0.379 e. The first-order valence-electron chi connectivity index (χ1n) is 6.96. The molecule has 17 heavy (non-hydrogen) atoms. The lowest BCUT2D eigenvalue weighted by Gasteiger charge is -2.36. The number of hydrogen-bond acceptors (Lipinski definition) is 4. The molecule has 2 aliphatic rings. The second kappa shape index (κ2) is 6.69. The molecule has 100 valence electrons. The van der Waals surface area contributed by atoms with Crippen LogP contribution in [-0.4, -0.2) is 63.9 Å². The van der Waals surface area contributed by atoms with Gasteiger partial charge in [-0.3, -0.25) is 0 Å². The molecule has 0 spiro atoms. The Bertz CT molecular complexity index is 211. The predicted octanol–water partition coefficient (Wildman–Crippen LogP) is 0.295. The summed E-state index contributed by atoms with van der Waals surface area (Å²) in [4.78, 5) is 2.44. The molecule has 0 radical (unpaired) electrons. The van der Waals surface area contributed by atoms with Crippen LogP contribution in [0.5, 0.6) is 0 Å². The van der Waals surface area contributed by atoms with Crippen LogP contribution in [0.1, 0.15) is 19.3 Å². The van der Waals surface area contributed by atoms with E-state index in [-0.39, 0.29) is 0 Å². The van der Waals surface area contributed by atoms with Gasteiger partial charge in [0.1, 0.15) is 0 Å². The second-order valence-corrected chi connectivity index (χ2v) is 5.50. The fourth-order valence-corrected chi connectivity index (χ4v) is 3.05. The molecule has 0 aromatic carbocycles. The smallest absolute Gasteiger partial charge is 0.0620 e. The second-order valence-electron chi connectivity index (χ2n) is 5.50. The summed E-state index contributed by atoms with van der Waals surface area (Å²) in [5, 5.41) is 7.08. The van der Waals surface area contributed by atoms with Gasteiger partial charge < -0.3 is 20.3 Å². The molecule has 2 rings (SSSR count). The van der Waals surface area contributed by atoms with Gasteiger partial charge in [-0.15, -0.1) is 0 Å². The zero-order valence-corrected chi connectivity index (χ0v) is 11.2. The van der Waals surface area contributed by atoms with Gasteiger partial charge in [0.2, 0.25) is 0 Å². The normalized spacial score (nSPS) is 30.4. The van der Waals surface area contributed by atoms with Gasteiger partial charge in [-0.05, 0) is 52.4 Å². The van der Waals surface area contributed by atoms with Crippen LogP contribution in [-0.2, 0) is 4.74 Å². The summed E-state index contributed by atoms with van der Waals surface area (Å²) in [6.07, 6.45) is 3.86. The summed E-state index contributed by atoms with van der Waals surface area (Å²) in [6, 6.07) is 1.18. The van der Waals surface area contributed by atoms with Crippen molar-refractivity contribution in [2.45, 2.75) is 31.3 Å². The lowest BCUT2D eigenvalue weighted by molar-refractivity contribution is 0.0650. The average molecular weight is 241 g/mol. The number of ether oxygens (including phenoxy) is 1. The Labute approximate surface area is 105 Å². The molecule has 2 unspecified atom stereocenters. The SMILES string of the molecule is CNC(CC1COCCN1)C1CCN(C)CC1. The first kappa shape index (κ1) is 13.3. The monoisotopic (exact) mass is 241 g/mol. The Kier molecular flexibility index (Phi) is 5.22. The van der Waals surface area contributed by atoms with E-state index in [0.717, 1.165) is 25.7 Å². The minimum absolute atomic E-state index is 0.542. The highest BCUT2D eigenvalue weighted by molar-refractivity contribution is 4.85. The zero-order chi connectivity index (χ0) is 12.1. The molecule has 2 fully saturated rings. The van der Waals surface area contributed by atoms with E-state index in [9.17, 15) is 0 Å². The summed E-state index contributed by atoms with van der Waals surface area (Å²) in [5.74, 6) is 0.833. The molecule has 2 N–H and O–H groups in total. The third kappa shape index (κ3) is 3.91. The van der Waals surface area contributed by atoms with Crippen LogP contribution in [0.2, 0.25) is 0 Å². The lowest BCUT2D eigenvalue weighted by atomic mass is 9.86. The van der Waals surface area contributed by atoms with Crippen LogP contribution in [0.3, 0.4) is 0 Å². The average Bonchev–Trinajstić information content (AvgIpc) is 2.38. The molecular formula is C13H27N3O. The number of nitrogens with one attached hydrogen (secondary N) is 2. The molecule has 2 saturated heterocycles. The van der Waals surface area contributed by atoms with Crippen molar-refractivity contribution in [3.8, 4) is 0 Å². The van der Waals surface area contributed by atoms with Gasteiger partial charge in [0.15, 0.2) is 0 Å². The van der Waals surface area contributed by atoms with E-state index in [1.165, 1.54) is 32.4 Å². The molecular weight excluding hydrogens is 214 g/mol. The van der Waals surface area contributed by atoms with Gasteiger partial charge in [0.25, 0.3) is 0 Å². The molecule has 0 aromatic rings. The van der Waals surface area contributed by atoms with Crippen molar-refractivity contribution in [2.24, 2.45) is 5.92 Å².